The van der Waals surface area contributed by atoms with Crippen molar-refractivity contribution in [2.45, 2.75) is 12.5 Å². The second-order valence-electron chi connectivity index (χ2n) is 3.91. The number of alkyl halides is 2. The molecule has 0 amide bonds. The normalized spacial score (nSPS) is 12.9. The summed E-state index contributed by atoms with van der Waals surface area (Å²) in [4.78, 5) is 3.97. The smallest absolute Gasteiger partial charge is 0.265 e. The molecule has 0 spiro atoms. The molecule has 0 radical (unpaired) electrons. The van der Waals surface area contributed by atoms with Crippen LogP contribution in [0.15, 0.2) is 30.6 Å². The fourth-order valence-electron chi connectivity index (χ4n) is 1.65. The van der Waals surface area contributed by atoms with Gasteiger partial charge in [-0.1, -0.05) is 6.07 Å². The maximum Gasteiger partial charge on any atom is 0.265 e. The lowest BCUT2D eigenvalue weighted by atomic mass is 10.1. The largest absolute Gasteiger partial charge is 0.397 e. The third-order valence-corrected chi connectivity index (χ3v) is 2.65. The topological polar surface area (TPSA) is 71.2 Å². The maximum absolute atomic E-state index is 12.2. The van der Waals surface area contributed by atoms with Crippen molar-refractivity contribution in [3.8, 4) is 0 Å². The van der Waals surface area contributed by atoms with Crippen molar-refractivity contribution in [1.82, 2.24) is 4.98 Å². The molecule has 0 bridgehead atoms. The van der Waals surface area contributed by atoms with Crippen LogP contribution in [0, 0.1) is 0 Å². The van der Waals surface area contributed by atoms with Crippen LogP contribution in [0.1, 0.15) is 0 Å². The second kappa shape index (κ2) is 5.14. The van der Waals surface area contributed by atoms with Crippen molar-refractivity contribution in [2.75, 3.05) is 17.6 Å². The fourth-order valence-corrected chi connectivity index (χ4v) is 1.65. The lowest BCUT2D eigenvalue weighted by molar-refractivity contribution is 0.00385. The number of hydrogen-bond acceptors (Lipinski definition) is 4. The highest BCUT2D eigenvalue weighted by Gasteiger charge is 2.16. The third-order valence-electron chi connectivity index (χ3n) is 2.65. The van der Waals surface area contributed by atoms with Crippen LogP contribution in [0.3, 0.4) is 0 Å². The Labute approximate surface area is 102 Å². The van der Waals surface area contributed by atoms with Crippen molar-refractivity contribution >= 4 is 22.1 Å². The van der Waals surface area contributed by atoms with Crippen molar-refractivity contribution in [1.29, 1.82) is 0 Å². The molecule has 2 rings (SSSR count). The van der Waals surface area contributed by atoms with Crippen LogP contribution in [0.2, 0.25) is 0 Å². The van der Waals surface area contributed by atoms with Gasteiger partial charge in [-0.25, -0.2) is 8.78 Å². The van der Waals surface area contributed by atoms with Crippen LogP contribution in [0.25, 0.3) is 10.8 Å². The zero-order chi connectivity index (χ0) is 13.1. The number of halogens is 2. The van der Waals surface area contributed by atoms with E-state index in [2.05, 4.69) is 10.3 Å². The van der Waals surface area contributed by atoms with E-state index < -0.39 is 12.5 Å². The van der Waals surface area contributed by atoms with Gasteiger partial charge in [-0.15, -0.1) is 0 Å². The summed E-state index contributed by atoms with van der Waals surface area (Å²) in [6.45, 7) is -0.252. The molecule has 96 valence electrons. The molecule has 0 saturated carbocycles. The summed E-state index contributed by atoms with van der Waals surface area (Å²) in [6, 6.07) is 5.21. The van der Waals surface area contributed by atoms with E-state index in [1.54, 1.807) is 30.6 Å². The summed E-state index contributed by atoms with van der Waals surface area (Å²) in [5.74, 6) is 0. The van der Waals surface area contributed by atoms with E-state index in [1.807, 2.05) is 0 Å². The predicted octanol–water partition coefficient (Wildman–Crippen LogP) is 1.85. The highest BCUT2D eigenvalue weighted by molar-refractivity contribution is 5.98. The molecule has 1 unspecified atom stereocenters. The standard InChI is InChI=1S/C12H13F2N3O/c13-12(14)10(18)6-17-9-2-1-7-5-16-4-3-8(7)11(9)15/h1-5,10,12,17-18H,6,15H2. The number of hydrogen-bond donors (Lipinski definition) is 3. The van der Waals surface area contributed by atoms with Crippen LogP contribution in [0.5, 0.6) is 0 Å². The molecule has 0 saturated heterocycles. The lowest BCUT2D eigenvalue weighted by Gasteiger charge is -2.14. The number of nitrogens with one attached hydrogen (secondary N) is 1. The highest BCUT2D eigenvalue weighted by atomic mass is 19.3. The number of anilines is 2. The number of nitrogens with zero attached hydrogens (tertiary/aromatic N) is 1. The Morgan fingerprint density at radius 1 is 1.33 bits per heavy atom. The maximum atomic E-state index is 12.2. The number of fused-ring (bicyclic) bond motifs is 1. The second-order valence-corrected chi connectivity index (χ2v) is 3.91. The third kappa shape index (κ3) is 2.48. The van der Waals surface area contributed by atoms with Crippen LogP contribution in [-0.2, 0) is 0 Å². The van der Waals surface area contributed by atoms with Gasteiger partial charge in [-0.2, -0.15) is 0 Å². The van der Waals surface area contributed by atoms with E-state index in [9.17, 15) is 8.78 Å². The SMILES string of the molecule is Nc1c(NCC(O)C(F)F)ccc2cnccc12. The van der Waals surface area contributed by atoms with Gasteiger partial charge in [0.25, 0.3) is 6.43 Å². The Morgan fingerprint density at radius 3 is 2.83 bits per heavy atom. The Kier molecular flexibility index (Phi) is 3.57. The highest BCUT2D eigenvalue weighted by Crippen LogP contribution is 2.27. The molecule has 4 N–H and O–H groups in total. The molecule has 0 fully saturated rings. The van der Waals surface area contributed by atoms with Crippen LogP contribution >= 0.6 is 0 Å². The van der Waals surface area contributed by atoms with E-state index in [1.165, 1.54) is 0 Å². The quantitative estimate of drug-likeness (QED) is 0.727. The van der Waals surface area contributed by atoms with Gasteiger partial charge >= 0.3 is 0 Å². The summed E-state index contributed by atoms with van der Waals surface area (Å²) in [5, 5.41) is 13.4. The van der Waals surface area contributed by atoms with Gasteiger partial charge in [-0.05, 0) is 12.1 Å². The van der Waals surface area contributed by atoms with E-state index in [0.717, 1.165) is 10.8 Å². The first-order valence-corrected chi connectivity index (χ1v) is 5.42. The molecule has 4 nitrogen and oxygen atoms in total. The Bertz CT molecular complexity index is 548. The number of aliphatic hydroxyl groups is 1. The molecular weight excluding hydrogens is 240 g/mol. The minimum absolute atomic E-state index is 0.252. The zero-order valence-corrected chi connectivity index (χ0v) is 9.48. The number of nitrogen functional groups attached to an aromatic ring is 1. The van der Waals surface area contributed by atoms with Gasteiger partial charge in [0.05, 0.1) is 11.4 Å². The number of nitrogens with two attached hydrogens (primary N) is 1. The van der Waals surface area contributed by atoms with Crippen molar-refractivity contribution in [3.63, 3.8) is 0 Å². The summed E-state index contributed by atoms with van der Waals surface area (Å²) in [7, 11) is 0. The van der Waals surface area contributed by atoms with E-state index in [4.69, 9.17) is 10.8 Å². The predicted molar refractivity (Wildman–Crippen MR) is 66.7 cm³/mol. The molecule has 1 aromatic heterocycles. The zero-order valence-electron chi connectivity index (χ0n) is 9.48. The minimum atomic E-state index is -2.77. The first-order valence-electron chi connectivity index (χ1n) is 5.42. The number of rotatable bonds is 4. The molecule has 0 aliphatic heterocycles. The van der Waals surface area contributed by atoms with Gasteiger partial charge in [0.1, 0.15) is 6.10 Å². The molecule has 0 aliphatic rings. The molecule has 1 aromatic carbocycles. The Morgan fingerprint density at radius 2 is 2.11 bits per heavy atom. The average molecular weight is 253 g/mol. The minimum Gasteiger partial charge on any atom is -0.397 e. The summed E-state index contributed by atoms with van der Waals surface area (Å²) >= 11 is 0. The van der Waals surface area contributed by atoms with Crippen molar-refractivity contribution in [2.24, 2.45) is 0 Å². The Balaban J connectivity index is 2.21. The van der Waals surface area contributed by atoms with Crippen LogP contribution < -0.4 is 11.1 Å². The summed E-state index contributed by atoms with van der Waals surface area (Å²) in [5.41, 5.74) is 6.90. The van der Waals surface area contributed by atoms with Crippen molar-refractivity contribution in [3.05, 3.63) is 30.6 Å². The van der Waals surface area contributed by atoms with Crippen molar-refractivity contribution < 1.29 is 13.9 Å². The van der Waals surface area contributed by atoms with Gasteiger partial charge < -0.3 is 16.2 Å². The van der Waals surface area contributed by atoms with E-state index in [0.29, 0.717) is 11.4 Å². The molecule has 1 atom stereocenters. The fraction of sp³-hybridized carbons (Fsp3) is 0.250. The first kappa shape index (κ1) is 12.5. The molecule has 2 aromatic rings. The number of pyridine rings is 1. The van der Waals surface area contributed by atoms with Crippen LogP contribution in [0.4, 0.5) is 20.2 Å². The number of benzene rings is 1. The molecule has 1 heterocycles. The Hall–Kier alpha value is -1.95. The number of aromatic nitrogens is 1. The average Bonchev–Trinajstić information content (AvgIpc) is 2.38. The van der Waals surface area contributed by atoms with Crippen LogP contribution in [-0.4, -0.2) is 29.2 Å². The molecule has 6 heteroatoms. The van der Waals surface area contributed by atoms with E-state index in [-0.39, 0.29) is 6.54 Å². The van der Waals surface area contributed by atoms with E-state index >= 15 is 0 Å². The van der Waals surface area contributed by atoms with Gasteiger partial charge in [0.2, 0.25) is 0 Å². The molecule has 18 heavy (non-hydrogen) atoms. The summed E-state index contributed by atoms with van der Waals surface area (Å²) in [6.07, 6.45) is -1.21. The summed E-state index contributed by atoms with van der Waals surface area (Å²) < 4.78 is 24.3. The van der Waals surface area contributed by atoms with Gasteiger partial charge in [-0.3, -0.25) is 4.98 Å². The number of aliphatic hydroxyl groups excluding tert-OH is 1. The van der Waals surface area contributed by atoms with Gasteiger partial charge in [0, 0.05) is 29.7 Å². The monoisotopic (exact) mass is 253 g/mol. The van der Waals surface area contributed by atoms with Gasteiger partial charge in [0.15, 0.2) is 0 Å². The molecule has 0 aliphatic carbocycles. The molecular formula is C12H13F2N3O. The lowest BCUT2D eigenvalue weighted by Crippen LogP contribution is -2.27. The first-order chi connectivity index (χ1) is 8.59.